The standard InChI is InChI=1S/C14H16BrNO/c1-3-16-9-11-7-8-13(17-11)12-6-4-5-10(2)14(12)15/h4-8,16H,3,9H2,1-2H3. The van der Waals surface area contributed by atoms with Crippen LogP contribution in [-0.2, 0) is 6.54 Å². The number of furan rings is 1. The van der Waals surface area contributed by atoms with Crippen molar-refractivity contribution in [3.8, 4) is 11.3 Å². The molecule has 0 saturated carbocycles. The van der Waals surface area contributed by atoms with Crippen molar-refractivity contribution in [2.75, 3.05) is 6.54 Å². The Balaban J connectivity index is 2.27. The first-order chi connectivity index (χ1) is 8.22. The summed E-state index contributed by atoms with van der Waals surface area (Å²) in [5.41, 5.74) is 2.32. The van der Waals surface area contributed by atoms with Crippen molar-refractivity contribution in [3.05, 3.63) is 46.1 Å². The van der Waals surface area contributed by atoms with Gasteiger partial charge in [-0.2, -0.15) is 0 Å². The van der Waals surface area contributed by atoms with E-state index in [9.17, 15) is 0 Å². The Labute approximate surface area is 110 Å². The van der Waals surface area contributed by atoms with E-state index < -0.39 is 0 Å². The SMILES string of the molecule is CCNCc1ccc(-c2cccc(C)c2Br)o1. The molecule has 0 aliphatic heterocycles. The zero-order valence-electron chi connectivity index (χ0n) is 10.1. The molecular formula is C14H16BrNO. The van der Waals surface area contributed by atoms with Crippen molar-refractivity contribution in [2.24, 2.45) is 0 Å². The molecule has 0 atom stereocenters. The van der Waals surface area contributed by atoms with E-state index in [4.69, 9.17) is 4.42 Å². The van der Waals surface area contributed by atoms with Crippen LogP contribution >= 0.6 is 15.9 Å². The Morgan fingerprint density at radius 3 is 2.82 bits per heavy atom. The van der Waals surface area contributed by atoms with E-state index >= 15 is 0 Å². The fourth-order valence-electron chi connectivity index (χ4n) is 1.70. The van der Waals surface area contributed by atoms with E-state index in [1.165, 1.54) is 5.56 Å². The van der Waals surface area contributed by atoms with E-state index in [0.717, 1.165) is 34.6 Å². The average Bonchev–Trinajstić information content (AvgIpc) is 2.78. The second kappa shape index (κ2) is 5.52. The number of halogens is 1. The van der Waals surface area contributed by atoms with Gasteiger partial charge in [-0.15, -0.1) is 0 Å². The van der Waals surface area contributed by atoms with Gasteiger partial charge in [-0.1, -0.05) is 25.1 Å². The van der Waals surface area contributed by atoms with Crippen LogP contribution in [0.1, 0.15) is 18.2 Å². The average molecular weight is 294 g/mol. The largest absolute Gasteiger partial charge is 0.460 e. The minimum Gasteiger partial charge on any atom is -0.460 e. The van der Waals surface area contributed by atoms with Crippen LogP contribution in [-0.4, -0.2) is 6.54 Å². The molecule has 90 valence electrons. The maximum atomic E-state index is 5.82. The highest BCUT2D eigenvalue weighted by Gasteiger charge is 2.09. The third-order valence-corrected chi connectivity index (χ3v) is 3.72. The maximum Gasteiger partial charge on any atom is 0.135 e. The third kappa shape index (κ3) is 2.79. The van der Waals surface area contributed by atoms with Gasteiger partial charge in [0.25, 0.3) is 0 Å². The normalized spacial score (nSPS) is 10.8. The topological polar surface area (TPSA) is 25.2 Å². The molecule has 0 spiro atoms. The molecule has 0 aliphatic rings. The Kier molecular flexibility index (Phi) is 4.02. The molecule has 1 aromatic carbocycles. The Hall–Kier alpha value is -1.06. The van der Waals surface area contributed by atoms with Crippen LogP contribution in [0.5, 0.6) is 0 Å². The summed E-state index contributed by atoms with van der Waals surface area (Å²) >= 11 is 3.60. The number of aryl methyl sites for hydroxylation is 1. The van der Waals surface area contributed by atoms with E-state index in [1.807, 2.05) is 18.2 Å². The third-order valence-electron chi connectivity index (χ3n) is 2.67. The fraction of sp³-hybridized carbons (Fsp3) is 0.286. The van der Waals surface area contributed by atoms with Crippen molar-refractivity contribution >= 4 is 15.9 Å². The lowest BCUT2D eigenvalue weighted by molar-refractivity contribution is 0.498. The van der Waals surface area contributed by atoms with Crippen molar-refractivity contribution in [1.29, 1.82) is 0 Å². The Morgan fingerprint density at radius 1 is 1.24 bits per heavy atom. The van der Waals surface area contributed by atoms with Gasteiger partial charge >= 0.3 is 0 Å². The monoisotopic (exact) mass is 293 g/mol. The smallest absolute Gasteiger partial charge is 0.135 e. The van der Waals surface area contributed by atoms with E-state index in [0.29, 0.717) is 0 Å². The van der Waals surface area contributed by atoms with E-state index in [-0.39, 0.29) is 0 Å². The summed E-state index contributed by atoms with van der Waals surface area (Å²) in [6, 6.07) is 10.2. The van der Waals surface area contributed by atoms with Gasteiger partial charge < -0.3 is 9.73 Å². The number of benzene rings is 1. The van der Waals surface area contributed by atoms with E-state index in [1.54, 1.807) is 0 Å². The van der Waals surface area contributed by atoms with Gasteiger partial charge in [-0.05, 0) is 47.1 Å². The lowest BCUT2D eigenvalue weighted by Crippen LogP contribution is -2.10. The van der Waals surface area contributed by atoms with Gasteiger partial charge in [0, 0.05) is 10.0 Å². The summed E-state index contributed by atoms with van der Waals surface area (Å²) in [6.07, 6.45) is 0. The van der Waals surface area contributed by atoms with Crippen molar-refractivity contribution in [3.63, 3.8) is 0 Å². The minimum absolute atomic E-state index is 0.778. The lowest BCUT2D eigenvalue weighted by Gasteiger charge is -2.04. The highest BCUT2D eigenvalue weighted by molar-refractivity contribution is 9.10. The number of nitrogens with one attached hydrogen (secondary N) is 1. The molecular weight excluding hydrogens is 278 g/mol. The molecule has 0 unspecified atom stereocenters. The zero-order valence-corrected chi connectivity index (χ0v) is 11.7. The quantitative estimate of drug-likeness (QED) is 0.917. The second-order valence-corrected chi connectivity index (χ2v) is 4.78. The predicted molar refractivity (Wildman–Crippen MR) is 74.0 cm³/mol. The van der Waals surface area contributed by atoms with Gasteiger partial charge in [0.15, 0.2) is 0 Å². The molecule has 1 heterocycles. The molecule has 3 heteroatoms. The molecule has 2 aromatic rings. The Bertz CT molecular complexity index is 505. The lowest BCUT2D eigenvalue weighted by atomic mass is 10.1. The molecule has 0 aliphatic carbocycles. The molecule has 0 amide bonds. The first-order valence-corrected chi connectivity index (χ1v) is 6.56. The summed E-state index contributed by atoms with van der Waals surface area (Å²) in [5, 5.41) is 3.25. The molecule has 0 bridgehead atoms. The molecule has 17 heavy (non-hydrogen) atoms. The summed E-state index contributed by atoms with van der Waals surface area (Å²) in [5.74, 6) is 1.88. The van der Waals surface area contributed by atoms with Gasteiger partial charge in [0.2, 0.25) is 0 Å². The van der Waals surface area contributed by atoms with Gasteiger partial charge in [-0.25, -0.2) is 0 Å². The van der Waals surface area contributed by atoms with Crippen molar-refractivity contribution in [1.82, 2.24) is 5.32 Å². The van der Waals surface area contributed by atoms with Gasteiger partial charge in [0.1, 0.15) is 11.5 Å². The molecule has 0 fully saturated rings. The first-order valence-electron chi connectivity index (χ1n) is 5.77. The summed E-state index contributed by atoms with van der Waals surface area (Å²) < 4.78 is 6.92. The molecule has 2 rings (SSSR count). The molecule has 1 aromatic heterocycles. The predicted octanol–water partition coefficient (Wildman–Crippen LogP) is 4.13. The number of hydrogen-bond donors (Lipinski definition) is 1. The highest BCUT2D eigenvalue weighted by atomic mass is 79.9. The summed E-state index contributed by atoms with van der Waals surface area (Å²) in [4.78, 5) is 0. The number of hydrogen-bond acceptors (Lipinski definition) is 2. The van der Waals surface area contributed by atoms with E-state index in [2.05, 4.69) is 47.2 Å². The number of rotatable bonds is 4. The Morgan fingerprint density at radius 2 is 2.06 bits per heavy atom. The van der Waals surface area contributed by atoms with Crippen LogP contribution in [0.15, 0.2) is 39.2 Å². The second-order valence-electron chi connectivity index (χ2n) is 3.98. The van der Waals surface area contributed by atoms with Crippen molar-refractivity contribution < 1.29 is 4.42 Å². The zero-order chi connectivity index (χ0) is 12.3. The van der Waals surface area contributed by atoms with Gasteiger partial charge in [-0.3, -0.25) is 0 Å². The van der Waals surface area contributed by atoms with Crippen molar-refractivity contribution in [2.45, 2.75) is 20.4 Å². The first kappa shape index (κ1) is 12.4. The van der Waals surface area contributed by atoms with Crippen LogP contribution in [0.25, 0.3) is 11.3 Å². The van der Waals surface area contributed by atoms with Crippen LogP contribution < -0.4 is 5.32 Å². The highest BCUT2D eigenvalue weighted by Crippen LogP contribution is 2.31. The summed E-state index contributed by atoms with van der Waals surface area (Å²) in [6.45, 7) is 5.89. The van der Waals surface area contributed by atoms with Gasteiger partial charge in [0.05, 0.1) is 6.54 Å². The van der Waals surface area contributed by atoms with Crippen LogP contribution in [0.3, 0.4) is 0 Å². The molecule has 0 saturated heterocycles. The molecule has 0 radical (unpaired) electrons. The fourth-order valence-corrected chi connectivity index (χ4v) is 2.16. The van der Waals surface area contributed by atoms with Crippen LogP contribution in [0, 0.1) is 6.92 Å². The maximum absolute atomic E-state index is 5.82. The molecule has 2 nitrogen and oxygen atoms in total. The van der Waals surface area contributed by atoms with Crippen LogP contribution in [0.2, 0.25) is 0 Å². The van der Waals surface area contributed by atoms with Crippen LogP contribution in [0.4, 0.5) is 0 Å². The summed E-state index contributed by atoms with van der Waals surface area (Å²) in [7, 11) is 0. The minimum atomic E-state index is 0.778. The molecule has 1 N–H and O–H groups in total.